The Morgan fingerprint density at radius 2 is 1.63 bits per heavy atom. The maximum Gasteiger partial charge on any atom is 0.108 e. The molecule has 0 spiro atoms. The van der Waals surface area contributed by atoms with E-state index in [0.717, 1.165) is 5.56 Å². The molecule has 19 heavy (non-hydrogen) atoms. The van der Waals surface area contributed by atoms with Gasteiger partial charge in [0, 0.05) is 25.1 Å². The zero-order valence-corrected chi connectivity index (χ0v) is 10.7. The van der Waals surface area contributed by atoms with Gasteiger partial charge >= 0.3 is 0 Å². The van der Waals surface area contributed by atoms with Gasteiger partial charge in [-0.1, -0.05) is 30.3 Å². The van der Waals surface area contributed by atoms with Crippen LogP contribution >= 0.6 is 0 Å². The largest absolute Gasteiger partial charge is 0.396 e. The van der Waals surface area contributed by atoms with Crippen molar-refractivity contribution < 1.29 is 20.4 Å². The predicted molar refractivity (Wildman–Crippen MR) is 70.3 cm³/mol. The molecule has 0 amide bonds. The molecule has 0 heterocycles. The molecule has 1 saturated carbocycles. The summed E-state index contributed by atoms with van der Waals surface area (Å²) in [5.74, 6) is -0.348. The maximum absolute atomic E-state index is 9.95. The van der Waals surface area contributed by atoms with Crippen LogP contribution in [-0.2, 0) is 6.54 Å². The lowest BCUT2D eigenvalue weighted by Gasteiger charge is -2.23. The highest BCUT2D eigenvalue weighted by Gasteiger charge is 2.47. The van der Waals surface area contributed by atoms with E-state index < -0.39 is 24.4 Å². The van der Waals surface area contributed by atoms with Gasteiger partial charge in [-0.15, -0.1) is 0 Å². The summed E-state index contributed by atoms with van der Waals surface area (Å²) in [7, 11) is 0. The molecule has 5 atom stereocenters. The van der Waals surface area contributed by atoms with Crippen LogP contribution in [0.5, 0.6) is 0 Å². The molecule has 1 aliphatic rings. The fourth-order valence-corrected chi connectivity index (χ4v) is 2.74. The number of aliphatic hydroxyl groups is 4. The lowest BCUT2D eigenvalue weighted by molar-refractivity contribution is -0.0289. The lowest BCUT2D eigenvalue weighted by atomic mass is 9.97. The number of hydrogen-bond acceptors (Lipinski definition) is 5. The van der Waals surface area contributed by atoms with Crippen LogP contribution in [-0.4, -0.2) is 51.4 Å². The number of benzene rings is 1. The van der Waals surface area contributed by atoms with E-state index in [1.165, 1.54) is 0 Å². The van der Waals surface area contributed by atoms with Gasteiger partial charge in [-0.2, -0.15) is 0 Å². The molecule has 1 fully saturated rings. The second-order valence-corrected chi connectivity index (χ2v) is 5.04. The van der Waals surface area contributed by atoms with E-state index in [-0.39, 0.29) is 12.5 Å². The average molecular weight is 267 g/mol. The summed E-state index contributed by atoms with van der Waals surface area (Å²) < 4.78 is 0. The lowest BCUT2D eigenvalue weighted by Crippen LogP contribution is -2.42. The van der Waals surface area contributed by atoms with Gasteiger partial charge in [0.2, 0.25) is 0 Å². The summed E-state index contributed by atoms with van der Waals surface area (Å²) in [6.07, 6.45) is -2.84. The molecule has 0 radical (unpaired) electrons. The fourth-order valence-electron chi connectivity index (χ4n) is 2.74. The monoisotopic (exact) mass is 267 g/mol. The highest BCUT2D eigenvalue weighted by Crippen LogP contribution is 2.30. The van der Waals surface area contributed by atoms with E-state index in [0.29, 0.717) is 13.0 Å². The third-order valence-corrected chi connectivity index (χ3v) is 3.81. The summed E-state index contributed by atoms with van der Waals surface area (Å²) in [6.45, 7) is 0.467. The van der Waals surface area contributed by atoms with Gasteiger partial charge < -0.3 is 25.7 Å². The molecule has 5 N–H and O–H groups in total. The van der Waals surface area contributed by atoms with Crippen LogP contribution in [0.1, 0.15) is 12.0 Å². The molecule has 0 unspecified atom stereocenters. The number of rotatable bonds is 5. The molecule has 0 saturated heterocycles. The molecular formula is C14H21NO4. The van der Waals surface area contributed by atoms with Crippen molar-refractivity contribution in [2.75, 3.05) is 6.61 Å². The first kappa shape index (κ1) is 14.4. The first-order valence-corrected chi connectivity index (χ1v) is 6.57. The van der Waals surface area contributed by atoms with Gasteiger partial charge in [-0.3, -0.25) is 0 Å². The van der Waals surface area contributed by atoms with Gasteiger partial charge in [0.25, 0.3) is 0 Å². The third kappa shape index (κ3) is 3.13. The summed E-state index contributed by atoms with van der Waals surface area (Å²) in [4.78, 5) is 0. The Bertz CT molecular complexity index is 386. The van der Waals surface area contributed by atoms with Crippen molar-refractivity contribution in [2.45, 2.75) is 37.3 Å². The molecule has 2 rings (SSSR count). The van der Waals surface area contributed by atoms with Gasteiger partial charge in [0.15, 0.2) is 0 Å². The van der Waals surface area contributed by atoms with Crippen LogP contribution in [0.3, 0.4) is 0 Å². The van der Waals surface area contributed by atoms with E-state index in [1.54, 1.807) is 0 Å². The van der Waals surface area contributed by atoms with Crippen molar-refractivity contribution in [3.05, 3.63) is 35.9 Å². The average Bonchev–Trinajstić information content (AvgIpc) is 2.63. The van der Waals surface area contributed by atoms with E-state index in [9.17, 15) is 15.3 Å². The second-order valence-electron chi connectivity index (χ2n) is 5.04. The summed E-state index contributed by atoms with van der Waals surface area (Å²) in [5, 5.41) is 41.7. The molecule has 1 aromatic carbocycles. The molecule has 0 bridgehead atoms. The fraction of sp³-hybridized carbons (Fsp3) is 0.571. The van der Waals surface area contributed by atoms with Crippen molar-refractivity contribution in [1.29, 1.82) is 0 Å². The van der Waals surface area contributed by atoms with E-state index >= 15 is 0 Å². The second kappa shape index (κ2) is 6.45. The minimum Gasteiger partial charge on any atom is -0.396 e. The van der Waals surface area contributed by atoms with Crippen molar-refractivity contribution in [1.82, 2.24) is 5.32 Å². The zero-order chi connectivity index (χ0) is 13.8. The molecule has 5 nitrogen and oxygen atoms in total. The highest BCUT2D eigenvalue weighted by molar-refractivity contribution is 5.15. The van der Waals surface area contributed by atoms with Crippen LogP contribution in [0.4, 0.5) is 0 Å². The third-order valence-electron chi connectivity index (χ3n) is 3.81. The van der Waals surface area contributed by atoms with Crippen molar-refractivity contribution >= 4 is 0 Å². The van der Waals surface area contributed by atoms with Crippen molar-refractivity contribution in [3.63, 3.8) is 0 Å². The van der Waals surface area contributed by atoms with Crippen LogP contribution < -0.4 is 5.32 Å². The Labute approximate surface area is 112 Å². The zero-order valence-electron chi connectivity index (χ0n) is 10.7. The number of nitrogens with one attached hydrogen (secondary N) is 1. The Hall–Kier alpha value is -0.980. The minimum atomic E-state index is -1.16. The quantitative estimate of drug-likeness (QED) is 0.483. The minimum absolute atomic E-state index is 0.0787. The van der Waals surface area contributed by atoms with Crippen LogP contribution in [0, 0.1) is 5.92 Å². The Kier molecular flexibility index (Phi) is 4.90. The topological polar surface area (TPSA) is 93.0 Å². The van der Waals surface area contributed by atoms with Gasteiger partial charge in [-0.05, 0) is 12.0 Å². The van der Waals surface area contributed by atoms with Crippen LogP contribution in [0.2, 0.25) is 0 Å². The van der Waals surface area contributed by atoms with Crippen LogP contribution in [0.25, 0.3) is 0 Å². The number of aliphatic hydroxyl groups excluding tert-OH is 4. The molecule has 0 aliphatic heterocycles. The van der Waals surface area contributed by atoms with E-state index in [2.05, 4.69) is 5.32 Å². The molecular weight excluding hydrogens is 246 g/mol. The summed E-state index contributed by atoms with van der Waals surface area (Å²) in [5.41, 5.74) is 1.06. The Morgan fingerprint density at radius 3 is 2.26 bits per heavy atom. The van der Waals surface area contributed by atoms with Crippen molar-refractivity contribution in [2.24, 2.45) is 5.92 Å². The maximum atomic E-state index is 9.95. The SMILES string of the molecule is OCC[C@@H]1[C@H](O)[C@H](O)[C@@H](O)[C@H]1NCc1ccccc1. The standard InChI is InChI=1S/C14H21NO4/c16-7-6-10-11(13(18)14(19)12(10)17)15-8-9-4-2-1-3-5-9/h1-5,10-19H,6-8H2/t10-,11-,12-,13-,14-/m0/s1. The van der Waals surface area contributed by atoms with E-state index in [1.807, 2.05) is 30.3 Å². The summed E-state index contributed by atoms with van der Waals surface area (Å²) in [6, 6.07) is 9.28. The highest BCUT2D eigenvalue weighted by atomic mass is 16.4. The first-order valence-electron chi connectivity index (χ1n) is 6.57. The molecule has 5 heteroatoms. The van der Waals surface area contributed by atoms with E-state index in [4.69, 9.17) is 5.11 Å². The molecule has 106 valence electrons. The van der Waals surface area contributed by atoms with Gasteiger partial charge in [-0.25, -0.2) is 0 Å². The number of hydrogen-bond donors (Lipinski definition) is 5. The first-order chi connectivity index (χ1) is 9.15. The normalized spacial score (nSPS) is 34.6. The van der Waals surface area contributed by atoms with Crippen molar-refractivity contribution in [3.8, 4) is 0 Å². The van der Waals surface area contributed by atoms with Gasteiger partial charge in [0.05, 0.1) is 12.2 Å². The molecule has 1 aromatic rings. The summed E-state index contributed by atoms with van der Waals surface area (Å²) >= 11 is 0. The smallest absolute Gasteiger partial charge is 0.108 e. The molecule has 1 aliphatic carbocycles. The van der Waals surface area contributed by atoms with Crippen LogP contribution in [0.15, 0.2) is 30.3 Å². The van der Waals surface area contributed by atoms with Gasteiger partial charge in [0.1, 0.15) is 6.10 Å². The Balaban J connectivity index is 2.00. The molecule has 0 aromatic heterocycles. The Morgan fingerprint density at radius 1 is 0.947 bits per heavy atom. The predicted octanol–water partition coefficient (Wildman–Crippen LogP) is -0.760.